The second-order valence-electron chi connectivity index (χ2n) is 6.77. The van der Waals surface area contributed by atoms with Gasteiger partial charge in [0, 0.05) is 19.0 Å². The molecule has 112 valence electrons. The number of nitrogens with zero attached hydrogens (tertiary/aromatic N) is 1. The minimum Gasteiger partial charge on any atom is -0.395 e. The van der Waals surface area contributed by atoms with Crippen molar-refractivity contribution >= 4 is 0 Å². The molecule has 2 fully saturated rings. The molecule has 0 bridgehead atoms. The molecule has 2 aliphatic heterocycles. The summed E-state index contributed by atoms with van der Waals surface area (Å²) in [7, 11) is 0. The predicted octanol–water partition coefficient (Wildman–Crippen LogP) is 0.244. The fraction of sp³-hybridized carbons (Fsp3) is 1.00. The Morgan fingerprint density at radius 3 is 2.42 bits per heavy atom. The summed E-state index contributed by atoms with van der Waals surface area (Å²) >= 11 is 0. The lowest BCUT2D eigenvalue weighted by molar-refractivity contribution is -0.0933. The van der Waals surface area contributed by atoms with Gasteiger partial charge in [0.15, 0.2) is 0 Å². The van der Waals surface area contributed by atoms with Crippen LogP contribution in [0.3, 0.4) is 0 Å². The van der Waals surface area contributed by atoms with Gasteiger partial charge in [-0.05, 0) is 27.7 Å². The summed E-state index contributed by atoms with van der Waals surface area (Å²) in [6.45, 7) is 10.8. The third-order valence-corrected chi connectivity index (χ3v) is 4.50. The van der Waals surface area contributed by atoms with Crippen LogP contribution < -0.4 is 0 Å². The molecular weight excluding hydrogens is 246 g/mol. The zero-order valence-corrected chi connectivity index (χ0v) is 12.4. The molecule has 5 nitrogen and oxygen atoms in total. The fourth-order valence-electron chi connectivity index (χ4n) is 3.35. The molecule has 5 heteroatoms. The minimum atomic E-state index is -0.519. The topological polar surface area (TPSA) is 62.2 Å². The molecule has 0 amide bonds. The summed E-state index contributed by atoms with van der Waals surface area (Å²) in [6, 6.07) is 0.0282. The Hall–Kier alpha value is -0.200. The van der Waals surface area contributed by atoms with E-state index < -0.39 is 11.7 Å². The van der Waals surface area contributed by atoms with Crippen LogP contribution >= 0.6 is 0 Å². The van der Waals surface area contributed by atoms with Crippen LogP contribution in [0.15, 0.2) is 0 Å². The van der Waals surface area contributed by atoms with Gasteiger partial charge in [0.1, 0.15) is 0 Å². The van der Waals surface area contributed by atoms with Crippen molar-refractivity contribution in [2.45, 2.75) is 51.0 Å². The van der Waals surface area contributed by atoms with Crippen LogP contribution in [0.25, 0.3) is 0 Å². The van der Waals surface area contributed by atoms with Crippen LogP contribution in [-0.2, 0) is 9.47 Å². The summed E-state index contributed by atoms with van der Waals surface area (Å²) in [6.07, 6.45) is -0.496. The molecule has 0 aromatic heterocycles. The van der Waals surface area contributed by atoms with E-state index in [0.717, 1.165) is 13.1 Å². The average molecular weight is 273 g/mol. The minimum absolute atomic E-state index is 0.0282. The van der Waals surface area contributed by atoms with Gasteiger partial charge in [0.25, 0.3) is 0 Å². The van der Waals surface area contributed by atoms with Crippen LogP contribution in [0, 0.1) is 5.92 Å². The van der Waals surface area contributed by atoms with Gasteiger partial charge in [-0.3, -0.25) is 4.90 Å². The van der Waals surface area contributed by atoms with Crippen molar-refractivity contribution in [3.63, 3.8) is 0 Å². The van der Waals surface area contributed by atoms with E-state index in [4.69, 9.17) is 9.47 Å². The lowest BCUT2D eigenvalue weighted by Crippen LogP contribution is -2.52. The molecular formula is C14H27NO4. The highest BCUT2D eigenvalue weighted by atomic mass is 16.5. The van der Waals surface area contributed by atoms with Gasteiger partial charge < -0.3 is 19.7 Å². The largest absolute Gasteiger partial charge is 0.395 e. The van der Waals surface area contributed by atoms with Crippen LogP contribution in [0.5, 0.6) is 0 Å². The van der Waals surface area contributed by atoms with Crippen LogP contribution in [0.2, 0.25) is 0 Å². The Labute approximate surface area is 115 Å². The van der Waals surface area contributed by atoms with E-state index in [2.05, 4.69) is 4.90 Å². The van der Waals surface area contributed by atoms with Gasteiger partial charge in [-0.2, -0.15) is 0 Å². The van der Waals surface area contributed by atoms with Crippen molar-refractivity contribution in [3.8, 4) is 0 Å². The molecule has 2 rings (SSSR count). The first-order valence-corrected chi connectivity index (χ1v) is 7.09. The lowest BCUT2D eigenvalue weighted by Gasteiger charge is -2.39. The summed E-state index contributed by atoms with van der Waals surface area (Å²) in [4.78, 5) is 2.21. The molecule has 19 heavy (non-hydrogen) atoms. The summed E-state index contributed by atoms with van der Waals surface area (Å²) < 4.78 is 11.4. The van der Waals surface area contributed by atoms with E-state index in [1.165, 1.54) is 0 Å². The number of aliphatic hydroxyl groups excluding tert-OH is 2. The first-order valence-electron chi connectivity index (χ1n) is 7.09. The van der Waals surface area contributed by atoms with E-state index in [-0.39, 0.29) is 24.2 Å². The van der Waals surface area contributed by atoms with Crippen LogP contribution in [0.4, 0.5) is 0 Å². The maximum absolute atomic E-state index is 10.5. The van der Waals surface area contributed by atoms with E-state index >= 15 is 0 Å². The zero-order chi connectivity index (χ0) is 14.3. The molecule has 0 spiro atoms. The molecule has 2 heterocycles. The molecule has 0 saturated carbocycles. The number of ether oxygens (including phenoxy) is 2. The summed E-state index contributed by atoms with van der Waals surface area (Å²) in [5.74, 6) is 0.0367. The van der Waals surface area contributed by atoms with Crippen molar-refractivity contribution in [3.05, 3.63) is 0 Å². The molecule has 0 radical (unpaired) electrons. The van der Waals surface area contributed by atoms with Gasteiger partial charge in [-0.15, -0.1) is 0 Å². The number of hydrogen-bond acceptors (Lipinski definition) is 5. The smallest absolute Gasteiger partial charge is 0.0896 e. The Bertz CT molecular complexity index is 319. The second-order valence-corrected chi connectivity index (χ2v) is 6.77. The van der Waals surface area contributed by atoms with E-state index in [0.29, 0.717) is 13.2 Å². The molecule has 2 saturated heterocycles. The van der Waals surface area contributed by atoms with Crippen LogP contribution in [0.1, 0.15) is 27.7 Å². The Morgan fingerprint density at radius 2 is 1.89 bits per heavy atom. The Balaban J connectivity index is 2.08. The Morgan fingerprint density at radius 1 is 1.21 bits per heavy atom. The van der Waals surface area contributed by atoms with Gasteiger partial charge >= 0.3 is 0 Å². The van der Waals surface area contributed by atoms with Crippen molar-refractivity contribution in [1.82, 2.24) is 4.90 Å². The van der Waals surface area contributed by atoms with Crippen molar-refractivity contribution < 1.29 is 19.7 Å². The number of hydrogen-bond donors (Lipinski definition) is 2. The zero-order valence-electron chi connectivity index (χ0n) is 12.4. The highest BCUT2D eigenvalue weighted by Crippen LogP contribution is 2.42. The normalized spacial score (nSPS) is 38.5. The molecule has 3 atom stereocenters. The number of aliphatic hydroxyl groups is 2. The SMILES string of the molecule is CC1(C)OC(C)(C)C(CN2CCOCC2CO)C1O. The summed E-state index contributed by atoms with van der Waals surface area (Å²) in [5, 5.41) is 19.9. The maximum atomic E-state index is 10.5. The molecule has 2 aliphatic rings. The van der Waals surface area contributed by atoms with E-state index in [9.17, 15) is 10.2 Å². The van der Waals surface area contributed by atoms with E-state index in [1.807, 2.05) is 27.7 Å². The molecule has 3 unspecified atom stereocenters. The first-order chi connectivity index (χ1) is 8.78. The van der Waals surface area contributed by atoms with Crippen LogP contribution in [-0.4, -0.2) is 71.4 Å². The quantitative estimate of drug-likeness (QED) is 0.771. The third-order valence-electron chi connectivity index (χ3n) is 4.50. The van der Waals surface area contributed by atoms with Crippen molar-refractivity contribution in [2.24, 2.45) is 5.92 Å². The lowest BCUT2D eigenvalue weighted by atomic mass is 9.84. The predicted molar refractivity (Wildman–Crippen MR) is 72.0 cm³/mol. The third kappa shape index (κ3) is 2.95. The molecule has 2 N–H and O–H groups in total. The standard InChI is InChI=1S/C14H27NO4/c1-13(2)11(12(17)14(3,4)19-13)7-15-5-6-18-9-10(15)8-16/h10-12,16-17H,5-9H2,1-4H3. The first kappa shape index (κ1) is 15.2. The van der Waals surface area contributed by atoms with Gasteiger partial charge in [-0.1, -0.05) is 0 Å². The van der Waals surface area contributed by atoms with Gasteiger partial charge in [-0.25, -0.2) is 0 Å². The highest BCUT2D eigenvalue weighted by molar-refractivity contribution is 5.02. The van der Waals surface area contributed by atoms with Crippen molar-refractivity contribution in [2.75, 3.05) is 32.9 Å². The summed E-state index contributed by atoms with van der Waals surface area (Å²) in [5.41, 5.74) is -0.879. The van der Waals surface area contributed by atoms with Gasteiger partial charge in [0.2, 0.25) is 0 Å². The van der Waals surface area contributed by atoms with Gasteiger partial charge in [0.05, 0.1) is 43.2 Å². The van der Waals surface area contributed by atoms with E-state index in [1.54, 1.807) is 0 Å². The monoisotopic (exact) mass is 273 g/mol. The molecule has 0 aromatic carbocycles. The number of morpholine rings is 1. The highest BCUT2D eigenvalue weighted by Gasteiger charge is 2.53. The second kappa shape index (κ2) is 5.30. The average Bonchev–Trinajstić information content (AvgIpc) is 2.48. The fourth-order valence-corrected chi connectivity index (χ4v) is 3.35. The molecule has 0 aliphatic carbocycles. The molecule has 0 aromatic rings. The van der Waals surface area contributed by atoms with Crippen molar-refractivity contribution in [1.29, 1.82) is 0 Å². The number of rotatable bonds is 3. The Kier molecular flexibility index (Phi) is 4.23. The maximum Gasteiger partial charge on any atom is 0.0896 e.